The van der Waals surface area contributed by atoms with Crippen LogP contribution in [-0.2, 0) is 4.79 Å². The Morgan fingerprint density at radius 1 is 1.18 bits per heavy atom. The van der Waals surface area contributed by atoms with Crippen LogP contribution in [0.5, 0.6) is 5.88 Å². The van der Waals surface area contributed by atoms with Crippen molar-refractivity contribution < 1.29 is 13.9 Å². The number of furan rings is 1. The molecule has 3 aromatic rings. The average Bonchev–Trinajstić information content (AvgIpc) is 3.08. The van der Waals surface area contributed by atoms with Crippen molar-refractivity contribution in [3.63, 3.8) is 0 Å². The van der Waals surface area contributed by atoms with Crippen LogP contribution in [-0.4, -0.2) is 26.8 Å². The van der Waals surface area contributed by atoms with Gasteiger partial charge in [0.1, 0.15) is 5.76 Å². The average molecular weight is 396 g/mol. The van der Waals surface area contributed by atoms with E-state index in [9.17, 15) is 4.79 Å². The van der Waals surface area contributed by atoms with Crippen LogP contribution in [0, 0.1) is 6.92 Å². The molecule has 1 aliphatic rings. The number of anilines is 1. The molecular formula is C20H20N4O3S. The number of amides is 1. The number of carbonyl (C=O) groups is 1. The number of para-hydroxylation sites is 1. The second kappa shape index (κ2) is 7.63. The zero-order valence-electron chi connectivity index (χ0n) is 15.9. The lowest BCUT2D eigenvalue weighted by atomic mass is 10.1. The second-order valence-corrected chi connectivity index (χ2v) is 7.47. The summed E-state index contributed by atoms with van der Waals surface area (Å²) in [6.07, 6.45) is -0.458. The highest BCUT2D eigenvalue weighted by molar-refractivity contribution is 7.99. The summed E-state index contributed by atoms with van der Waals surface area (Å²) in [6, 6.07) is 11.2. The summed E-state index contributed by atoms with van der Waals surface area (Å²) in [5.41, 5.74) is 1.95. The van der Waals surface area contributed by atoms with Gasteiger partial charge in [-0.2, -0.15) is 4.98 Å². The largest absolute Gasteiger partial charge is 0.460 e. The van der Waals surface area contributed by atoms with Gasteiger partial charge in [0.15, 0.2) is 11.5 Å². The minimum absolute atomic E-state index is 0.0876. The van der Waals surface area contributed by atoms with Gasteiger partial charge in [0.05, 0.1) is 5.69 Å². The molecule has 0 fully saturated rings. The summed E-state index contributed by atoms with van der Waals surface area (Å²) in [5.74, 6) is 2.34. The second-order valence-electron chi connectivity index (χ2n) is 6.23. The number of ether oxygens (including phenoxy) is 1. The molecule has 2 aromatic heterocycles. The van der Waals surface area contributed by atoms with Crippen molar-refractivity contribution in [3.05, 3.63) is 47.9 Å². The van der Waals surface area contributed by atoms with Gasteiger partial charge in [-0.25, -0.2) is 0 Å². The molecule has 0 N–H and O–H groups in total. The molecule has 8 heteroatoms. The molecule has 1 amide bonds. The molecule has 0 saturated heterocycles. The highest BCUT2D eigenvalue weighted by atomic mass is 32.2. The van der Waals surface area contributed by atoms with Crippen LogP contribution < -0.4 is 9.64 Å². The van der Waals surface area contributed by atoms with E-state index in [0.29, 0.717) is 34.6 Å². The topological polar surface area (TPSA) is 81.3 Å². The number of thioether (sulfide) groups is 1. The van der Waals surface area contributed by atoms with Gasteiger partial charge < -0.3 is 9.15 Å². The Labute approximate surface area is 167 Å². The number of carbonyl (C=O) groups excluding carboxylic acids is 1. The Hall–Kier alpha value is -2.87. The van der Waals surface area contributed by atoms with Crippen LogP contribution >= 0.6 is 11.8 Å². The van der Waals surface area contributed by atoms with Gasteiger partial charge >= 0.3 is 0 Å². The first-order valence-electron chi connectivity index (χ1n) is 9.14. The third-order valence-corrected chi connectivity index (χ3v) is 5.08. The number of aryl methyl sites for hydroxylation is 1. The molecule has 4 rings (SSSR count). The fraction of sp³-hybridized carbons (Fsp3) is 0.300. The van der Waals surface area contributed by atoms with Crippen molar-refractivity contribution in [1.82, 2.24) is 15.2 Å². The molecule has 7 nitrogen and oxygen atoms in total. The van der Waals surface area contributed by atoms with E-state index in [1.165, 1.54) is 11.8 Å². The lowest BCUT2D eigenvalue weighted by molar-refractivity contribution is -0.120. The quantitative estimate of drug-likeness (QED) is 0.605. The van der Waals surface area contributed by atoms with E-state index in [-0.39, 0.29) is 5.91 Å². The normalized spacial score (nSPS) is 15.4. The minimum atomic E-state index is -0.778. The van der Waals surface area contributed by atoms with Crippen molar-refractivity contribution in [1.29, 1.82) is 0 Å². The maximum absolute atomic E-state index is 12.9. The van der Waals surface area contributed by atoms with Crippen molar-refractivity contribution in [2.75, 3.05) is 10.7 Å². The van der Waals surface area contributed by atoms with Crippen molar-refractivity contribution in [2.24, 2.45) is 0 Å². The molecule has 0 bridgehead atoms. The standard InChI is InChI=1S/C20H20N4O3S/c1-4-16(25)24-14-9-7-6-8-13(14)17-18(21-20(23-22-17)28-5-2)27-19(24)15-11-10-12(3)26-15/h6-11,19H,4-5H2,1-3H3. The summed E-state index contributed by atoms with van der Waals surface area (Å²) in [4.78, 5) is 19.1. The van der Waals surface area contributed by atoms with Crippen LogP contribution in [0.25, 0.3) is 11.3 Å². The maximum atomic E-state index is 12.9. The molecule has 1 aromatic carbocycles. The zero-order chi connectivity index (χ0) is 19.7. The maximum Gasteiger partial charge on any atom is 0.247 e. The predicted octanol–water partition coefficient (Wildman–Crippen LogP) is 4.39. The Balaban J connectivity index is 1.94. The molecule has 1 unspecified atom stereocenters. The smallest absolute Gasteiger partial charge is 0.247 e. The van der Waals surface area contributed by atoms with Gasteiger partial charge in [0.2, 0.25) is 23.2 Å². The summed E-state index contributed by atoms with van der Waals surface area (Å²) in [5, 5.41) is 9.11. The number of benzene rings is 1. The molecule has 144 valence electrons. The lowest BCUT2D eigenvalue weighted by Crippen LogP contribution is -2.37. The van der Waals surface area contributed by atoms with E-state index in [2.05, 4.69) is 15.2 Å². The van der Waals surface area contributed by atoms with Crippen molar-refractivity contribution in [2.45, 2.75) is 38.6 Å². The fourth-order valence-electron chi connectivity index (χ4n) is 3.11. The summed E-state index contributed by atoms with van der Waals surface area (Å²) < 4.78 is 12.1. The van der Waals surface area contributed by atoms with E-state index in [1.54, 1.807) is 4.90 Å². The first-order chi connectivity index (χ1) is 13.6. The van der Waals surface area contributed by atoms with Gasteiger partial charge in [-0.3, -0.25) is 9.69 Å². The van der Waals surface area contributed by atoms with Crippen molar-refractivity contribution >= 4 is 23.4 Å². The van der Waals surface area contributed by atoms with Gasteiger partial charge in [-0.1, -0.05) is 43.8 Å². The van der Waals surface area contributed by atoms with Gasteiger partial charge in [0.25, 0.3) is 0 Å². The summed E-state index contributed by atoms with van der Waals surface area (Å²) in [7, 11) is 0. The van der Waals surface area contributed by atoms with E-state index in [4.69, 9.17) is 9.15 Å². The molecule has 0 aliphatic carbocycles. The zero-order valence-corrected chi connectivity index (χ0v) is 16.7. The highest BCUT2D eigenvalue weighted by Gasteiger charge is 2.36. The number of hydrogen-bond donors (Lipinski definition) is 0. The molecule has 28 heavy (non-hydrogen) atoms. The monoisotopic (exact) mass is 396 g/mol. The molecular weight excluding hydrogens is 376 g/mol. The number of aromatic nitrogens is 3. The molecule has 3 heterocycles. The van der Waals surface area contributed by atoms with Crippen LogP contribution in [0.1, 0.15) is 38.0 Å². The molecule has 0 saturated carbocycles. The molecule has 1 atom stereocenters. The fourth-order valence-corrected chi connectivity index (χ4v) is 3.62. The van der Waals surface area contributed by atoms with E-state index in [1.807, 2.05) is 57.2 Å². The van der Waals surface area contributed by atoms with E-state index in [0.717, 1.165) is 17.1 Å². The van der Waals surface area contributed by atoms with Gasteiger partial charge in [-0.15, -0.1) is 10.2 Å². The lowest BCUT2D eigenvalue weighted by Gasteiger charge is -2.28. The third-order valence-electron chi connectivity index (χ3n) is 4.36. The van der Waals surface area contributed by atoms with Gasteiger partial charge in [-0.05, 0) is 30.9 Å². The Kier molecular flexibility index (Phi) is 5.04. The van der Waals surface area contributed by atoms with Crippen LogP contribution in [0.2, 0.25) is 0 Å². The highest BCUT2D eigenvalue weighted by Crippen LogP contribution is 2.43. The van der Waals surface area contributed by atoms with Crippen LogP contribution in [0.3, 0.4) is 0 Å². The third kappa shape index (κ3) is 3.24. The number of rotatable bonds is 4. The summed E-state index contributed by atoms with van der Waals surface area (Å²) in [6.45, 7) is 5.70. The Morgan fingerprint density at radius 3 is 2.71 bits per heavy atom. The molecule has 0 radical (unpaired) electrons. The minimum Gasteiger partial charge on any atom is -0.460 e. The molecule has 0 spiro atoms. The Morgan fingerprint density at radius 2 is 2.00 bits per heavy atom. The Bertz CT molecular complexity index is 1020. The number of fused-ring (bicyclic) bond motifs is 3. The number of hydrogen-bond acceptors (Lipinski definition) is 7. The van der Waals surface area contributed by atoms with E-state index < -0.39 is 6.23 Å². The first-order valence-corrected chi connectivity index (χ1v) is 10.1. The summed E-state index contributed by atoms with van der Waals surface area (Å²) >= 11 is 1.48. The van der Waals surface area contributed by atoms with Crippen LogP contribution in [0.4, 0.5) is 5.69 Å². The first kappa shape index (κ1) is 18.5. The molecule has 1 aliphatic heterocycles. The van der Waals surface area contributed by atoms with Gasteiger partial charge in [0, 0.05) is 12.0 Å². The van der Waals surface area contributed by atoms with Crippen molar-refractivity contribution in [3.8, 4) is 17.1 Å². The predicted molar refractivity (Wildman–Crippen MR) is 106 cm³/mol. The SMILES string of the molecule is CCSc1nnc2c(n1)OC(c1ccc(C)o1)N(C(=O)CC)c1ccccc1-2. The number of nitrogens with zero attached hydrogens (tertiary/aromatic N) is 4. The van der Waals surface area contributed by atoms with E-state index >= 15 is 0 Å². The van der Waals surface area contributed by atoms with Crippen LogP contribution in [0.15, 0.2) is 46.0 Å².